The summed E-state index contributed by atoms with van der Waals surface area (Å²) in [5, 5.41) is 3.24. The summed E-state index contributed by atoms with van der Waals surface area (Å²) < 4.78 is 0. The van der Waals surface area contributed by atoms with Gasteiger partial charge in [-0.1, -0.05) is 51.4 Å². The highest BCUT2D eigenvalue weighted by Crippen LogP contribution is 2.16. The van der Waals surface area contributed by atoms with E-state index in [1.54, 1.807) is 24.3 Å². The van der Waals surface area contributed by atoms with Crippen molar-refractivity contribution in [2.24, 2.45) is 5.92 Å². The lowest BCUT2D eigenvalue weighted by Gasteiger charge is -2.29. The maximum Gasteiger partial charge on any atom is 0.253 e. The summed E-state index contributed by atoms with van der Waals surface area (Å²) in [6, 6.07) is 6.32. The van der Waals surface area contributed by atoms with E-state index in [0.29, 0.717) is 23.7 Å². The highest BCUT2D eigenvalue weighted by Gasteiger charge is 2.28. The Morgan fingerprint density at radius 2 is 1.70 bits per heavy atom. The standard InChI is InChI=1S/C18H27ClN2O2/c1-5-11-21(12-6-2)18(23)16(13(3)4)20-17(22)14-9-7-8-10-15(14)19/h7-10,13,16H,5-6,11-12H2,1-4H3,(H,20,22). The van der Waals surface area contributed by atoms with E-state index in [1.165, 1.54) is 0 Å². The van der Waals surface area contributed by atoms with E-state index in [9.17, 15) is 9.59 Å². The summed E-state index contributed by atoms with van der Waals surface area (Å²) in [5.41, 5.74) is 0.394. The van der Waals surface area contributed by atoms with E-state index in [-0.39, 0.29) is 17.7 Å². The number of amides is 2. The van der Waals surface area contributed by atoms with Crippen LogP contribution in [0.15, 0.2) is 24.3 Å². The van der Waals surface area contributed by atoms with E-state index in [2.05, 4.69) is 5.32 Å². The first-order valence-electron chi connectivity index (χ1n) is 8.26. The molecule has 4 nitrogen and oxygen atoms in total. The second-order valence-electron chi connectivity index (χ2n) is 6.00. The average Bonchev–Trinajstić information content (AvgIpc) is 2.51. The molecule has 0 fully saturated rings. The van der Waals surface area contributed by atoms with E-state index in [4.69, 9.17) is 11.6 Å². The van der Waals surface area contributed by atoms with Crippen molar-refractivity contribution in [3.8, 4) is 0 Å². The summed E-state index contributed by atoms with van der Waals surface area (Å²) >= 11 is 6.07. The number of hydrogen-bond donors (Lipinski definition) is 1. The van der Waals surface area contributed by atoms with E-state index in [0.717, 1.165) is 12.8 Å². The molecule has 1 rings (SSSR count). The van der Waals surface area contributed by atoms with Gasteiger partial charge in [0.25, 0.3) is 5.91 Å². The van der Waals surface area contributed by atoms with Crippen LogP contribution in [0.4, 0.5) is 0 Å². The normalized spacial score (nSPS) is 12.1. The molecule has 0 saturated carbocycles. The molecule has 1 N–H and O–H groups in total. The molecule has 1 aromatic carbocycles. The maximum absolute atomic E-state index is 12.8. The molecule has 0 aliphatic heterocycles. The van der Waals surface area contributed by atoms with Gasteiger partial charge in [0.05, 0.1) is 10.6 Å². The lowest BCUT2D eigenvalue weighted by atomic mass is 10.0. The zero-order valence-corrected chi connectivity index (χ0v) is 15.2. The van der Waals surface area contributed by atoms with Gasteiger partial charge in [-0.3, -0.25) is 9.59 Å². The molecule has 0 aliphatic rings. The summed E-state index contributed by atoms with van der Waals surface area (Å²) in [4.78, 5) is 27.1. The second-order valence-corrected chi connectivity index (χ2v) is 6.41. The zero-order chi connectivity index (χ0) is 17.4. The fourth-order valence-electron chi connectivity index (χ4n) is 2.45. The summed E-state index contributed by atoms with van der Waals surface area (Å²) in [6.07, 6.45) is 1.80. The largest absolute Gasteiger partial charge is 0.341 e. The number of nitrogens with one attached hydrogen (secondary N) is 1. The van der Waals surface area contributed by atoms with Crippen LogP contribution in [0.5, 0.6) is 0 Å². The van der Waals surface area contributed by atoms with Crippen molar-refractivity contribution in [2.45, 2.75) is 46.6 Å². The van der Waals surface area contributed by atoms with Crippen molar-refractivity contribution < 1.29 is 9.59 Å². The Labute approximate surface area is 144 Å². The molecule has 0 spiro atoms. The van der Waals surface area contributed by atoms with Gasteiger partial charge in [0, 0.05) is 13.1 Å². The van der Waals surface area contributed by atoms with E-state index in [1.807, 2.05) is 32.6 Å². The Hall–Kier alpha value is -1.55. The topological polar surface area (TPSA) is 49.4 Å². The minimum atomic E-state index is -0.545. The molecule has 1 atom stereocenters. The van der Waals surface area contributed by atoms with Gasteiger partial charge in [0.2, 0.25) is 5.91 Å². The summed E-state index contributed by atoms with van der Waals surface area (Å²) in [5.74, 6) is -0.329. The first-order chi connectivity index (χ1) is 10.9. The van der Waals surface area contributed by atoms with E-state index >= 15 is 0 Å². The number of halogens is 1. The number of carbonyl (C=O) groups is 2. The Bertz CT molecular complexity index is 526. The fourth-order valence-corrected chi connectivity index (χ4v) is 2.67. The first kappa shape index (κ1) is 19.5. The third-order valence-corrected chi connectivity index (χ3v) is 3.97. The Balaban J connectivity index is 2.92. The molecule has 0 heterocycles. The molecular formula is C18H27ClN2O2. The SMILES string of the molecule is CCCN(CCC)C(=O)C(NC(=O)c1ccccc1Cl)C(C)C. The third-order valence-electron chi connectivity index (χ3n) is 3.64. The Morgan fingerprint density at radius 1 is 1.13 bits per heavy atom. The van der Waals surface area contributed by atoms with Crippen molar-refractivity contribution in [3.05, 3.63) is 34.9 Å². The molecule has 0 aliphatic carbocycles. The van der Waals surface area contributed by atoms with E-state index < -0.39 is 6.04 Å². The molecule has 2 amide bonds. The van der Waals surface area contributed by atoms with Crippen LogP contribution in [0.2, 0.25) is 5.02 Å². The van der Waals surface area contributed by atoms with Gasteiger partial charge in [-0.25, -0.2) is 0 Å². The number of benzene rings is 1. The maximum atomic E-state index is 12.8. The minimum absolute atomic E-state index is 0.00477. The molecule has 128 valence electrons. The predicted octanol–water partition coefficient (Wildman–Crippen LogP) is 3.74. The van der Waals surface area contributed by atoms with Gasteiger partial charge >= 0.3 is 0 Å². The molecule has 1 unspecified atom stereocenters. The summed E-state index contributed by atoms with van der Waals surface area (Å²) in [6.45, 7) is 9.37. The van der Waals surface area contributed by atoms with Crippen LogP contribution in [0.25, 0.3) is 0 Å². The lowest BCUT2D eigenvalue weighted by molar-refractivity contribution is -0.134. The molecule has 0 aromatic heterocycles. The third kappa shape index (κ3) is 5.54. The molecule has 0 radical (unpaired) electrons. The van der Waals surface area contributed by atoms with Crippen LogP contribution < -0.4 is 5.32 Å². The van der Waals surface area contributed by atoms with Crippen molar-refractivity contribution >= 4 is 23.4 Å². The number of hydrogen-bond acceptors (Lipinski definition) is 2. The number of carbonyl (C=O) groups excluding carboxylic acids is 2. The quantitative estimate of drug-likeness (QED) is 0.785. The van der Waals surface area contributed by atoms with Gasteiger partial charge in [-0.15, -0.1) is 0 Å². The van der Waals surface area contributed by atoms with Crippen LogP contribution in [0.1, 0.15) is 50.9 Å². The Kier molecular flexibility index (Phi) is 8.10. The van der Waals surface area contributed by atoms with Gasteiger partial charge in [-0.2, -0.15) is 0 Å². The van der Waals surface area contributed by atoms with Crippen LogP contribution in [-0.4, -0.2) is 35.8 Å². The smallest absolute Gasteiger partial charge is 0.253 e. The van der Waals surface area contributed by atoms with Gasteiger partial charge < -0.3 is 10.2 Å². The van der Waals surface area contributed by atoms with Crippen LogP contribution in [-0.2, 0) is 4.79 Å². The minimum Gasteiger partial charge on any atom is -0.341 e. The monoisotopic (exact) mass is 338 g/mol. The molecular weight excluding hydrogens is 312 g/mol. The second kappa shape index (κ2) is 9.56. The van der Waals surface area contributed by atoms with Crippen molar-refractivity contribution in [1.29, 1.82) is 0 Å². The molecule has 0 saturated heterocycles. The number of rotatable bonds is 8. The van der Waals surface area contributed by atoms with Gasteiger partial charge in [-0.05, 0) is 30.9 Å². The van der Waals surface area contributed by atoms with Crippen molar-refractivity contribution in [1.82, 2.24) is 10.2 Å². The average molecular weight is 339 g/mol. The van der Waals surface area contributed by atoms with Gasteiger partial charge in [0.1, 0.15) is 6.04 Å². The summed E-state index contributed by atoms with van der Waals surface area (Å²) in [7, 11) is 0. The molecule has 5 heteroatoms. The van der Waals surface area contributed by atoms with Crippen LogP contribution in [0, 0.1) is 5.92 Å². The van der Waals surface area contributed by atoms with Crippen molar-refractivity contribution in [2.75, 3.05) is 13.1 Å². The lowest BCUT2D eigenvalue weighted by Crippen LogP contribution is -2.51. The van der Waals surface area contributed by atoms with Gasteiger partial charge in [0.15, 0.2) is 0 Å². The number of nitrogens with zero attached hydrogens (tertiary/aromatic N) is 1. The van der Waals surface area contributed by atoms with Crippen LogP contribution in [0.3, 0.4) is 0 Å². The highest BCUT2D eigenvalue weighted by atomic mass is 35.5. The first-order valence-corrected chi connectivity index (χ1v) is 8.64. The highest BCUT2D eigenvalue weighted by molar-refractivity contribution is 6.33. The van der Waals surface area contributed by atoms with Crippen LogP contribution >= 0.6 is 11.6 Å². The predicted molar refractivity (Wildman–Crippen MR) is 94.7 cm³/mol. The van der Waals surface area contributed by atoms with Crippen molar-refractivity contribution in [3.63, 3.8) is 0 Å². The molecule has 23 heavy (non-hydrogen) atoms. The zero-order valence-electron chi connectivity index (χ0n) is 14.4. The Morgan fingerprint density at radius 3 is 2.17 bits per heavy atom. The fraction of sp³-hybridized carbons (Fsp3) is 0.556. The molecule has 1 aromatic rings. The molecule has 0 bridgehead atoms.